The van der Waals surface area contributed by atoms with Gasteiger partial charge in [0, 0.05) is 12.4 Å². The number of terminal acetylenes is 1. The molecule has 1 rings (SSSR count). The summed E-state index contributed by atoms with van der Waals surface area (Å²) in [6.07, 6.45) is 8.66. The lowest BCUT2D eigenvalue weighted by Gasteiger charge is -2.22. The zero-order valence-electron chi connectivity index (χ0n) is 9.19. The Labute approximate surface area is 89.7 Å². The number of hydrogen-bond acceptors (Lipinski definition) is 2. The number of carbonyl (C=O) groups excluding carboxylic acids is 1. The summed E-state index contributed by atoms with van der Waals surface area (Å²) in [4.78, 5) is 11.7. The number of amides is 1. The summed E-state index contributed by atoms with van der Waals surface area (Å²) in [6.45, 7) is 5.33. The Balaban J connectivity index is 2.67. The van der Waals surface area contributed by atoms with Gasteiger partial charge in [0.15, 0.2) is 0 Å². The normalized spacial score (nSPS) is 12.9. The Kier molecular flexibility index (Phi) is 3.15. The first kappa shape index (κ1) is 11.3. The molecule has 0 bridgehead atoms. The van der Waals surface area contributed by atoms with Gasteiger partial charge in [-0.05, 0) is 26.8 Å². The summed E-state index contributed by atoms with van der Waals surface area (Å²) >= 11 is 0. The predicted octanol–water partition coefficient (Wildman–Crippen LogP) is 0.972. The highest BCUT2D eigenvalue weighted by Gasteiger charge is 2.22. The van der Waals surface area contributed by atoms with Gasteiger partial charge in [-0.25, -0.2) is 0 Å². The molecular weight excluding hydrogens is 190 g/mol. The summed E-state index contributed by atoms with van der Waals surface area (Å²) < 4.78 is 1.59. The number of aromatic nitrogens is 2. The Morgan fingerprint density at radius 2 is 2.33 bits per heavy atom. The monoisotopic (exact) mass is 205 g/mol. The molecule has 15 heavy (non-hydrogen) atoms. The second-order valence-electron chi connectivity index (χ2n) is 3.92. The quantitative estimate of drug-likeness (QED) is 0.747. The number of nitrogens with one attached hydrogen (secondary N) is 1. The van der Waals surface area contributed by atoms with Crippen molar-refractivity contribution in [3.63, 3.8) is 0 Å². The predicted molar refractivity (Wildman–Crippen MR) is 58.0 cm³/mol. The van der Waals surface area contributed by atoms with Gasteiger partial charge in [0.25, 0.3) is 0 Å². The van der Waals surface area contributed by atoms with Gasteiger partial charge in [-0.15, -0.1) is 6.42 Å². The van der Waals surface area contributed by atoms with Crippen LogP contribution in [0.2, 0.25) is 0 Å². The molecule has 0 aromatic carbocycles. The lowest BCUT2D eigenvalue weighted by molar-refractivity contribution is -0.125. The number of hydrogen-bond donors (Lipinski definition) is 1. The van der Waals surface area contributed by atoms with Gasteiger partial charge in [0.2, 0.25) is 5.91 Å². The van der Waals surface area contributed by atoms with Crippen LogP contribution in [0.15, 0.2) is 18.5 Å². The van der Waals surface area contributed by atoms with Crippen molar-refractivity contribution in [2.45, 2.75) is 32.4 Å². The second-order valence-corrected chi connectivity index (χ2v) is 3.92. The van der Waals surface area contributed by atoms with Gasteiger partial charge in [-0.2, -0.15) is 5.10 Å². The molecule has 1 unspecified atom stereocenters. The van der Waals surface area contributed by atoms with E-state index in [1.807, 2.05) is 0 Å². The first-order valence-electron chi connectivity index (χ1n) is 4.75. The highest BCUT2D eigenvalue weighted by Crippen LogP contribution is 2.07. The Morgan fingerprint density at radius 3 is 2.80 bits per heavy atom. The van der Waals surface area contributed by atoms with Gasteiger partial charge < -0.3 is 5.32 Å². The molecule has 80 valence electrons. The Morgan fingerprint density at radius 1 is 1.67 bits per heavy atom. The molecular formula is C11H15N3O. The van der Waals surface area contributed by atoms with Crippen LogP contribution >= 0.6 is 0 Å². The highest BCUT2D eigenvalue weighted by molar-refractivity contribution is 5.80. The molecule has 0 aliphatic rings. The minimum absolute atomic E-state index is 0.137. The third-order valence-corrected chi connectivity index (χ3v) is 2.10. The van der Waals surface area contributed by atoms with Crippen molar-refractivity contribution < 1.29 is 4.79 Å². The van der Waals surface area contributed by atoms with E-state index < -0.39 is 5.54 Å². The molecule has 1 aromatic rings. The SMILES string of the molecule is C#CC(C)(C)NC(=O)C(C)n1cccn1. The molecule has 0 aliphatic carbocycles. The maximum atomic E-state index is 11.7. The topological polar surface area (TPSA) is 46.9 Å². The zero-order valence-corrected chi connectivity index (χ0v) is 9.19. The van der Waals surface area contributed by atoms with Gasteiger partial charge in [-0.1, -0.05) is 5.92 Å². The third-order valence-electron chi connectivity index (χ3n) is 2.10. The lowest BCUT2D eigenvalue weighted by Crippen LogP contribution is -2.45. The number of nitrogens with zero attached hydrogens (tertiary/aromatic N) is 2. The van der Waals surface area contributed by atoms with Gasteiger partial charge in [-0.3, -0.25) is 9.48 Å². The van der Waals surface area contributed by atoms with E-state index in [1.54, 1.807) is 43.9 Å². The van der Waals surface area contributed by atoms with Crippen molar-refractivity contribution in [1.82, 2.24) is 15.1 Å². The van der Waals surface area contributed by atoms with E-state index >= 15 is 0 Å². The summed E-state index contributed by atoms with van der Waals surface area (Å²) in [6, 6.07) is 1.42. The second kappa shape index (κ2) is 4.18. The lowest BCUT2D eigenvalue weighted by atomic mass is 10.1. The van der Waals surface area contributed by atoms with Crippen molar-refractivity contribution in [2.75, 3.05) is 0 Å². The van der Waals surface area contributed by atoms with Crippen LogP contribution in [0.4, 0.5) is 0 Å². The standard InChI is InChI=1S/C11H15N3O/c1-5-11(3,4)13-10(15)9(2)14-8-6-7-12-14/h1,6-9H,2-4H3,(H,13,15). The summed E-state index contributed by atoms with van der Waals surface area (Å²) in [5.74, 6) is 2.37. The maximum Gasteiger partial charge on any atom is 0.245 e. The molecule has 0 saturated heterocycles. The molecule has 1 heterocycles. The van der Waals surface area contributed by atoms with Crippen LogP contribution < -0.4 is 5.32 Å². The average Bonchev–Trinajstić information content (AvgIpc) is 2.68. The van der Waals surface area contributed by atoms with Crippen molar-refractivity contribution >= 4 is 5.91 Å². The minimum Gasteiger partial charge on any atom is -0.338 e. The zero-order chi connectivity index (χ0) is 11.5. The highest BCUT2D eigenvalue weighted by atomic mass is 16.2. The fourth-order valence-corrected chi connectivity index (χ4v) is 1.08. The van der Waals surface area contributed by atoms with E-state index in [-0.39, 0.29) is 11.9 Å². The van der Waals surface area contributed by atoms with Crippen molar-refractivity contribution in [3.8, 4) is 12.3 Å². The Bertz CT molecular complexity index is 373. The molecule has 0 radical (unpaired) electrons. The van der Waals surface area contributed by atoms with Gasteiger partial charge in [0.1, 0.15) is 6.04 Å². The summed E-state index contributed by atoms with van der Waals surface area (Å²) in [5, 5.41) is 6.76. The van der Waals surface area contributed by atoms with Crippen LogP contribution in [0, 0.1) is 12.3 Å². The van der Waals surface area contributed by atoms with Crippen LogP contribution in [-0.4, -0.2) is 21.2 Å². The van der Waals surface area contributed by atoms with Crippen LogP contribution in [0.5, 0.6) is 0 Å². The van der Waals surface area contributed by atoms with Crippen LogP contribution in [0.1, 0.15) is 26.8 Å². The fourth-order valence-electron chi connectivity index (χ4n) is 1.08. The molecule has 0 spiro atoms. The van der Waals surface area contributed by atoms with Crippen molar-refractivity contribution in [3.05, 3.63) is 18.5 Å². The minimum atomic E-state index is -0.626. The maximum absolute atomic E-state index is 11.7. The summed E-state index contributed by atoms with van der Waals surface area (Å²) in [5.41, 5.74) is -0.626. The molecule has 1 N–H and O–H groups in total. The van der Waals surface area contributed by atoms with Gasteiger partial charge in [0.05, 0.1) is 5.54 Å². The van der Waals surface area contributed by atoms with E-state index in [2.05, 4.69) is 16.3 Å². The van der Waals surface area contributed by atoms with Crippen LogP contribution in [-0.2, 0) is 4.79 Å². The molecule has 4 nitrogen and oxygen atoms in total. The van der Waals surface area contributed by atoms with Crippen molar-refractivity contribution in [1.29, 1.82) is 0 Å². The molecule has 1 amide bonds. The molecule has 4 heteroatoms. The molecule has 1 aromatic heterocycles. The average molecular weight is 205 g/mol. The van der Waals surface area contributed by atoms with E-state index in [1.165, 1.54) is 0 Å². The summed E-state index contributed by atoms with van der Waals surface area (Å²) in [7, 11) is 0. The van der Waals surface area contributed by atoms with Crippen molar-refractivity contribution in [2.24, 2.45) is 0 Å². The largest absolute Gasteiger partial charge is 0.338 e. The molecule has 1 atom stereocenters. The van der Waals surface area contributed by atoms with E-state index in [0.29, 0.717) is 0 Å². The van der Waals surface area contributed by atoms with Gasteiger partial charge >= 0.3 is 0 Å². The Hall–Kier alpha value is -1.76. The van der Waals surface area contributed by atoms with E-state index in [4.69, 9.17) is 6.42 Å². The third kappa shape index (κ3) is 2.84. The van der Waals surface area contributed by atoms with E-state index in [0.717, 1.165) is 0 Å². The smallest absolute Gasteiger partial charge is 0.245 e. The first-order valence-corrected chi connectivity index (χ1v) is 4.75. The molecule has 0 aliphatic heterocycles. The number of carbonyl (C=O) groups is 1. The fraction of sp³-hybridized carbons (Fsp3) is 0.455. The van der Waals surface area contributed by atoms with E-state index in [9.17, 15) is 4.79 Å². The van der Waals surface area contributed by atoms with Crippen LogP contribution in [0.25, 0.3) is 0 Å². The molecule has 0 fully saturated rings. The first-order chi connectivity index (χ1) is 6.96. The number of rotatable bonds is 3. The van der Waals surface area contributed by atoms with Crippen LogP contribution in [0.3, 0.4) is 0 Å². The molecule has 0 saturated carbocycles.